The number of rotatable bonds is 8. The third kappa shape index (κ3) is 6.89. The van der Waals surface area contributed by atoms with Crippen LogP contribution >= 0.6 is 0 Å². The van der Waals surface area contributed by atoms with Gasteiger partial charge in [0, 0.05) is 25.8 Å². The summed E-state index contributed by atoms with van der Waals surface area (Å²) in [6, 6.07) is -0.251. The molecule has 1 fully saturated rings. The average Bonchev–Trinajstić information content (AvgIpc) is 2.35. The summed E-state index contributed by atoms with van der Waals surface area (Å²) in [6.07, 6.45) is 2.89. The van der Waals surface area contributed by atoms with E-state index in [1.54, 1.807) is 0 Å². The number of hydrogen-bond acceptors (Lipinski definition) is 4. The Balaban J connectivity index is 2.26. The maximum absolute atomic E-state index is 11.1. The van der Waals surface area contributed by atoms with E-state index in [1.165, 1.54) is 0 Å². The zero-order chi connectivity index (χ0) is 14.3. The number of aliphatic carboxylic acids is 1. The van der Waals surface area contributed by atoms with E-state index >= 15 is 0 Å². The van der Waals surface area contributed by atoms with Gasteiger partial charge in [-0.1, -0.05) is 13.8 Å². The molecule has 0 spiro atoms. The molecule has 1 heterocycles. The SMILES string of the molecule is CC(C)NC(CCN(C)CC1CCOCC1)C(=O)O. The molecule has 1 atom stereocenters. The summed E-state index contributed by atoms with van der Waals surface area (Å²) in [5.41, 5.74) is 0. The second kappa shape index (κ2) is 8.51. The molecule has 1 saturated heterocycles. The van der Waals surface area contributed by atoms with Crippen LogP contribution in [-0.2, 0) is 9.53 Å². The monoisotopic (exact) mass is 272 g/mol. The van der Waals surface area contributed by atoms with Crippen LogP contribution in [0.5, 0.6) is 0 Å². The van der Waals surface area contributed by atoms with Crippen molar-refractivity contribution in [1.29, 1.82) is 0 Å². The fourth-order valence-corrected chi connectivity index (χ4v) is 2.49. The Kier molecular flexibility index (Phi) is 7.34. The maximum Gasteiger partial charge on any atom is 0.320 e. The number of ether oxygens (including phenoxy) is 1. The Morgan fingerprint density at radius 1 is 1.42 bits per heavy atom. The predicted octanol–water partition coefficient (Wildman–Crippen LogP) is 1.19. The minimum absolute atomic E-state index is 0.196. The quantitative estimate of drug-likeness (QED) is 0.695. The fourth-order valence-electron chi connectivity index (χ4n) is 2.49. The number of hydrogen-bond donors (Lipinski definition) is 2. The molecule has 1 rings (SSSR count). The van der Waals surface area contributed by atoms with E-state index in [0.717, 1.165) is 39.1 Å². The van der Waals surface area contributed by atoms with Gasteiger partial charge >= 0.3 is 5.97 Å². The molecule has 1 aliphatic heterocycles. The first-order chi connectivity index (χ1) is 8.99. The largest absolute Gasteiger partial charge is 0.480 e. The standard InChI is InChI=1S/C14H28N2O3/c1-11(2)15-13(14(17)18)4-7-16(3)10-12-5-8-19-9-6-12/h11-13,15H,4-10H2,1-3H3,(H,17,18). The lowest BCUT2D eigenvalue weighted by Gasteiger charge is -2.28. The highest BCUT2D eigenvalue weighted by atomic mass is 16.5. The van der Waals surface area contributed by atoms with E-state index in [0.29, 0.717) is 12.3 Å². The highest BCUT2D eigenvalue weighted by Crippen LogP contribution is 2.15. The molecule has 1 unspecified atom stereocenters. The van der Waals surface area contributed by atoms with Gasteiger partial charge in [-0.25, -0.2) is 0 Å². The molecule has 112 valence electrons. The lowest BCUT2D eigenvalue weighted by molar-refractivity contribution is -0.139. The van der Waals surface area contributed by atoms with Crippen LogP contribution in [0.2, 0.25) is 0 Å². The topological polar surface area (TPSA) is 61.8 Å². The van der Waals surface area contributed by atoms with Crippen molar-refractivity contribution in [2.24, 2.45) is 5.92 Å². The van der Waals surface area contributed by atoms with Crippen molar-refractivity contribution in [3.63, 3.8) is 0 Å². The van der Waals surface area contributed by atoms with Gasteiger partial charge in [0.1, 0.15) is 6.04 Å². The van der Waals surface area contributed by atoms with Crippen molar-refractivity contribution in [3.05, 3.63) is 0 Å². The van der Waals surface area contributed by atoms with Crippen LogP contribution in [0.1, 0.15) is 33.1 Å². The van der Waals surface area contributed by atoms with Gasteiger partial charge < -0.3 is 20.1 Å². The minimum atomic E-state index is -0.756. The first-order valence-corrected chi connectivity index (χ1v) is 7.24. The van der Waals surface area contributed by atoms with Crippen molar-refractivity contribution in [2.75, 3.05) is 33.4 Å². The Bertz CT molecular complexity index is 265. The Morgan fingerprint density at radius 2 is 2.05 bits per heavy atom. The van der Waals surface area contributed by atoms with Crippen molar-refractivity contribution in [1.82, 2.24) is 10.2 Å². The Hall–Kier alpha value is -0.650. The molecular formula is C14H28N2O3. The third-order valence-electron chi connectivity index (χ3n) is 3.54. The summed E-state index contributed by atoms with van der Waals surface area (Å²) in [6.45, 7) is 7.53. The Morgan fingerprint density at radius 3 is 2.58 bits per heavy atom. The van der Waals surface area contributed by atoms with E-state index in [2.05, 4.69) is 17.3 Å². The molecule has 0 saturated carbocycles. The zero-order valence-corrected chi connectivity index (χ0v) is 12.4. The summed E-state index contributed by atoms with van der Waals surface area (Å²) in [7, 11) is 2.07. The first kappa shape index (κ1) is 16.4. The van der Waals surface area contributed by atoms with E-state index < -0.39 is 12.0 Å². The summed E-state index contributed by atoms with van der Waals surface area (Å²) in [5, 5.41) is 12.3. The van der Waals surface area contributed by atoms with Crippen LogP contribution in [0.15, 0.2) is 0 Å². The molecule has 0 aromatic heterocycles. The number of carbonyl (C=O) groups is 1. The van der Waals surface area contributed by atoms with Gasteiger partial charge in [-0.3, -0.25) is 4.79 Å². The van der Waals surface area contributed by atoms with Gasteiger partial charge in [0.25, 0.3) is 0 Å². The Labute approximate surface area is 116 Å². The highest BCUT2D eigenvalue weighted by molar-refractivity contribution is 5.73. The van der Waals surface area contributed by atoms with Gasteiger partial charge in [0.2, 0.25) is 0 Å². The van der Waals surface area contributed by atoms with Crippen molar-refractivity contribution in [2.45, 2.75) is 45.2 Å². The predicted molar refractivity (Wildman–Crippen MR) is 75.4 cm³/mol. The van der Waals surface area contributed by atoms with Crippen LogP contribution in [-0.4, -0.2) is 61.4 Å². The van der Waals surface area contributed by atoms with Crippen molar-refractivity contribution < 1.29 is 14.6 Å². The summed E-state index contributed by atoms with van der Waals surface area (Å²) in [5.74, 6) is -0.0618. The lowest BCUT2D eigenvalue weighted by atomic mass is 10.00. The van der Waals surface area contributed by atoms with Crippen LogP contribution in [0.4, 0.5) is 0 Å². The maximum atomic E-state index is 11.1. The molecule has 5 heteroatoms. The van der Waals surface area contributed by atoms with E-state index in [9.17, 15) is 4.79 Å². The summed E-state index contributed by atoms with van der Waals surface area (Å²) >= 11 is 0. The first-order valence-electron chi connectivity index (χ1n) is 7.24. The third-order valence-corrected chi connectivity index (χ3v) is 3.54. The molecule has 0 aliphatic carbocycles. The number of nitrogens with one attached hydrogen (secondary N) is 1. The number of carboxylic acids is 1. The molecule has 0 aromatic rings. The second-order valence-corrected chi connectivity index (χ2v) is 5.82. The lowest BCUT2D eigenvalue weighted by Crippen LogP contribution is -2.43. The van der Waals surface area contributed by atoms with Gasteiger partial charge in [-0.05, 0) is 38.8 Å². The molecule has 0 bridgehead atoms. The van der Waals surface area contributed by atoms with Gasteiger partial charge in [0.05, 0.1) is 0 Å². The summed E-state index contributed by atoms with van der Waals surface area (Å²) in [4.78, 5) is 13.4. The molecule has 1 aliphatic rings. The van der Waals surface area contributed by atoms with Crippen LogP contribution in [0.3, 0.4) is 0 Å². The molecule has 5 nitrogen and oxygen atoms in total. The van der Waals surface area contributed by atoms with Crippen molar-refractivity contribution >= 4 is 5.97 Å². The normalized spacial score (nSPS) is 19.0. The van der Waals surface area contributed by atoms with Gasteiger partial charge in [-0.15, -0.1) is 0 Å². The van der Waals surface area contributed by atoms with Crippen LogP contribution < -0.4 is 5.32 Å². The smallest absolute Gasteiger partial charge is 0.320 e. The van der Waals surface area contributed by atoms with Gasteiger partial charge in [0.15, 0.2) is 0 Å². The van der Waals surface area contributed by atoms with Crippen LogP contribution in [0.25, 0.3) is 0 Å². The summed E-state index contributed by atoms with van der Waals surface area (Å²) < 4.78 is 5.35. The second-order valence-electron chi connectivity index (χ2n) is 5.82. The van der Waals surface area contributed by atoms with E-state index in [1.807, 2.05) is 13.8 Å². The fraction of sp³-hybridized carbons (Fsp3) is 0.929. The minimum Gasteiger partial charge on any atom is -0.480 e. The zero-order valence-electron chi connectivity index (χ0n) is 12.4. The molecular weight excluding hydrogens is 244 g/mol. The molecule has 0 radical (unpaired) electrons. The molecule has 0 aromatic carbocycles. The molecule has 0 amide bonds. The number of nitrogens with zero attached hydrogens (tertiary/aromatic N) is 1. The molecule has 19 heavy (non-hydrogen) atoms. The highest BCUT2D eigenvalue weighted by Gasteiger charge is 2.20. The van der Waals surface area contributed by atoms with E-state index in [-0.39, 0.29) is 6.04 Å². The van der Waals surface area contributed by atoms with Gasteiger partial charge in [-0.2, -0.15) is 0 Å². The van der Waals surface area contributed by atoms with Crippen LogP contribution in [0, 0.1) is 5.92 Å². The number of carboxylic acid groups (broad SMARTS) is 1. The van der Waals surface area contributed by atoms with Crippen molar-refractivity contribution in [3.8, 4) is 0 Å². The molecule has 2 N–H and O–H groups in total. The average molecular weight is 272 g/mol. The van der Waals surface area contributed by atoms with E-state index in [4.69, 9.17) is 9.84 Å².